The number of carbonyl (C=O) groups excluding carboxylic acids is 1. The Labute approximate surface area is 108 Å². The first-order valence-corrected chi connectivity index (χ1v) is 6.33. The van der Waals surface area contributed by atoms with Gasteiger partial charge in [0.25, 0.3) is 0 Å². The lowest BCUT2D eigenvalue weighted by Gasteiger charge is -2.35. The molecule has 0 spiro atoms. The monoisotopic (exact) mass is 248 g/mol. The van der Waals surface area contributed by atoms with Crippen molar-refractivity contribution < 1.29 is 9.53 Å². The Morgan fingerprint density at radius 1 is 1.56 bits per heavy atom. The van der Waals surface area contributed by atoms with E-state index < -0.39 is 0 Å². The van der Waals surface area contributed by atoms with Crippen LogP contribution >= 0.6 is 0 Å². The maximum Gasteiger partial charge on any atom is 0.230 e. The van der Waals surface area contributed by atoms with Crippen LogP contribution in [0.25, 0.3) is 0 Å². The molecule has 1 amide bonds. The van der Waals surface area contributed by atoms with Crippen LogP contribution in [-0.4, -0.2) is 36.6 Å². The molecule has 0 aliphatic carbocycles. The van der Waals surface area contributed by atoms with E-state index in [1.165, 1.54) is 0 Å². The molecule has 2 atom stereocenters. The molecule has 0 aromatic heterocycles. The molecule has 0 radical (unpaired) electrons. The van der Waals surface area contributed by atoms with E-state index in [4.69, 9.17) is 10.5 Å². The van der Waals surface area contributed by atoms with Crippen LogP contribution in [0.15, 0.2) is 24.3 Å². The smallest absolute Gasteiger partial charge is 0.230 e. The quantitative estimate of drug-likeness (QED) is 0.809. The molecule has 4 heteroatoms. The number of morpholine rings is 1. The van der Waals surface area contributed by atoms with Gasteiger partial charge in [0, 0.05) is 12.2 Å². The highest BCUT2D eigenvalue weighted by atomic mass is 16.5. The van der Waals surface area contributed by atoms with Crippen molar-refractivity contribution in [2.45, 2.75) is 25.8 Å². The lowest BCUT2D eigenvalue weighted by atomic mass is 9.98. The second kappa shape index (κ2) is 5.40. The van der Waals surface area contributed by atoms with E-state index in [1.807, 2.05) is 43.0 Å². The minimum absolute atomic E-state index is 0.148. The van der Waals surface area contributed by atoms with Gasteiger partial charge < -0.3 is 15.4 Å². The molecule has 2 rings (SSSR count). The van der Waals surface area contributed by atoms with Crippen LogP contribution in [-0.2, 0) is 9.53 Å². The fourth-order valence-electron chi connectivity index (χ4n) is 2.27. The van der Waals surface area contributed by atoms with E-state index >= 15 is 0 Å². The van der Waals surface area contributed by atoms with Crippen LogP contribution in [0, 0.1) is 0 Å². The summed E-state index contributed by atoms with van der Waals surface area (Å²) in [4.78, 5) is 14.3. The Balaban J connectivity index is 2.13. The Kier molecular flexibility index (Phi) is 3.87. The third-order valence-electron chi connectivity index (χ3n) is 3.43. The van der Waals surface area contributed by atoms with Crippen LogP contribution < -0.4 is 5.73 Å². The minimum atomic E-state index is -0.158. The fraction of sp³-hybridized carbons (Fsp3) is 0.500. The molecule has 1 aromatic carbocycles. The zero-order valence-electron chi connectivity index (χ0n) is 10.9. The maximum atomic E-state index is 12.4. The number of nitrogens with two attached hydrogens (primary N) is 1. The molecule has 1 aliphatic heterocycles. The Morgan fingerprint density at radius 2 is 2.33 bits per heavy atom. The Hall–Kier alpha value is -1.55. The zero-order valence-corrected chi connectivity index (χ0v) is 10.9. The summed E-state index contributed by atoms with van der Waals surface area (Å²) in [6.07, 6.45) is 0. The number of nitrogens with zero attached hydrogens (tertiary/aromatic N) is 1. The van der Waals surface area contributed by atoms with Gasteiger partial charge in [-0.3, -0.25) is 4.79 Å². The second-order valence-electron chi connectivity index (χ2n) is 4.85. The molecule has 4 nitrogen and oxygen atoms in total. The highest BCUT2D eigenvalue weighted by molar-refractivity contribution is 5.84. The minimum Gasteiger partial charge on any atom is -0.399 e. The van der Waals surface area contributed by atoms with Crippen LogP contribution in [0.2, 0.25) is 0 Å². The Morgan fingerprint density at radius 3 is 3.00 bits per heavy atom. The highest BCUT2D eigenvalue weighted by Crippen LogP contribution is 2.22. The molecule has 98 valence electrons. The van der Waals surface area contributed by atoms with E-state index in [9.17, 15) is 4.79 Å². The number of amides is 1. The molecular formula is C14H20N2O2. The van der Waals surface area contributed by atoms with E-state index in [1.54, 1.807) is 0 Å². The van der Waals surface area contributed by atoms with E-state index in [0.29, 0.717) is 25.4 Å². The number of nitrogen functional groups attached to an aromatic ring is 1. The van der Waals surface area contributed by atoms with Crippen molar-refractivity contribution in [3.05, 3.63) is 29.8 Å². The van der Waals surface area contributed by atoms with Crippen molar-refractivity contribution in [3.63, 3.8) is 0 Å². The average molecular weight is 248 g/mol. The summed E-state index contributed by atoms with van der Waals surface area (Å²) in [5.74, 6) is -0.00884. The number of rotatable bonds is 2. The predicted octanol–water partition coefficient (Wildman–Crippen LogP) is 1.62. The lowest BCUT2D eigenvalue weighted by Crippen LogP contribution is -2.48. The van der Waals surface area contributed by atoms with Gasteiger partial charge in [0.2, 0.25) is 5.91 Å². The number of anilines is 1. The van der Waals surface area contributed by atoms with Gasteiger partial charge in [-0.15, -0.1) is 0 Å². The molecule has 0 saturated carbocycles. The van der Waals surface area contributed by atoms with Gasteiger partial charge in [-0.25, -0.2) is 0 Å². The maximum absolute atomic E-state index is 12.4. The second-order valence-corrected chi connectivity index (χ2v) is 4.85. The van der Waals surface area contributed by atoms with Crippen molar-refractivity contribution in [1.29, 1.82) is 0 Å². The lowest BCUT2D eigenvalue weighted by molar-refractivity contribution is -0.140. The van der Waals surface area contributed by atoms with E-state index in [0.717, 1.165) is 5.56 Å². The first-order valence-electron chi connectivity index (χ1n) is 6.33. The molecular weight excluding hydrogens is 228 g/mol. The van der Waals surface area contributed by atoms with Crippen molar-refractivity contribution in [2.75, 3.05) is 25.5 Å². The van der Waals surface area contributed by atoms with Gasteiger partial charge in [-0.2, -0.15) is 0 Å². The molecule has 0 bridgehead atoms. The van der Waals surface area contributed by atoms with Gasteiger partial charge >= 0.3 is 0 Å². The van der Waals surface area contributed by atoms with Crippen LogP contribution in [0.4, 0.5) is 5.69 Å². The first kappa shape index (κ1) is 12.9. The molecule has 1 aliphatic rings. The molecule has 1 saturated heterocycles. The molecule has 18 heavy (non-hydrogen) atoms. The molecule has 1 aromatic rings. The normalized spacial score (nSPS) is 21.7. The summed E-state index contributed by atoms with van der Waals surface area (Å²) < 4.78 is 5.35. The summed E-state index contributed by atoms with van der Waals surface area (Å²) in [6.45, 7) is 5.87. The van der Waals surface area contributed by atoms with Crippen molar-refractivity contribution in [2.24, 2.45) is 0 Å². The Bertz CT molecular complexity index is 434. The number of hydrogen-bond donors (Lipinski definition) is 1. The third-order valence-corrected chi connectivity index (χ3v) is 3.43. The number of ether oxygens (including phenoxy) is 1. The van der Waals surface area contributed by atoms with E-state index in [-0.39, 0.29) is 17.9 Å². The molecule has 1 fully saturated rings. The molecule has 1 unspecified atom stereocenters. The molecule has 1 heterocycles. The van der Waals surface area contributed by atoms with Crippen molar-refractivity contribution in [3.8, 4) is 0 Å². The van der Waals surface area contributed by atoms with Crippen molar-refractivity contribution >= 4 is 11.6 Å². The average Bonchev–Trinajstić information content (AvgIpc) is 2.37. The van der Waals surface area contributed by atoms with Gasteiger partial charge in [0.1, 0.15) is 0 Å². The predicted molar refractivity (Wildman–Crippen MR) is 71.3 cm³/mol. The largest absolute Gasteiger partial charge is 0.399 e. The van der Waals surface area contributed by atoms with Crippen LogP contribution in [0.3, 0.4) is 0 Å². The summed E-state index contributed by atoms with van der Waals surface area (Å²) in [5, 5.41) is 0. The summed E-state index contributed by atoms with van der Waals surface area (Å²) in [6, 6.07) is 7.68. The van der Waals surface area contributed by atoms with Crippen LogP contribution in [0.1, 0.15) is 25.3 Å². The fourth-order valence-corrected chi connectivity index (χ4v) is 2.27. The number of hydrogen-bond acceptors (Lipinski definition) is 3. The number of carbonyl (C=O) groups is 1. The summed E-state index contributed by atoms with van der Waals surface area (Å²) >= 11 is 0. The van der Waals surface area contributed by atoms with Gasteiger partial charge in [-0.1, -0.05) is 12.1 Å². The van der Waals surface area contributed by atoms with Gasteiger partial charge in [0.05, 0.1) is 25.2 Å². The van der Waals surface area contributed by atoms with Gasteiger partial charge in [-0.05, 0) is 31.5 Å². The van der Waals surface area contributed by atoms with E-state index in [2.05, 4.69) is 0 Å². The SMILES string of the molecule is CC(C(=O)N1CCOC[C@H]1C)c1cccc(N)c1. The van der Waals surface area contributed by atoms with Crippen LogP contribution in [0.5, 0.6) is 0 Å². The summed E-state index contributed by atoms with van der Waals surface area (Å²) in [7, 11) is 0. The number of benzene rings is 1. The standard InChI is InChI=1S/C14H20N2O2/c1-10-9-18-7-6-16(10)14(17)11(2)12-4-3-5-13(15)8-12/h3-5,8,10-11H,6-7,9,15H2,1-2H3/t10-,11?/m1/s1. The highest BCUT2D eigenvalue weighted by Gasteiger charge is 2.28. The molecule has 2 N–H and O–H groups in total. The zero-order chi connectivity index (χ0) is 13.1. The summed E-state index contributed by atoms with van der Waals surface area (Å²) in [5.41, 5.74) is 7.42. The third kappa shape index (κ3) is 2.64. The van der Waals surface area contributed by atoms with Crippen molar-refractivity contribution in [1.82, 2.24) is 4.90 Å². The first-order chi connectivity index (χ1) is 8.59. The van der Waals surface area contributed by atoms with Gasteiger partial charge in [0.15, 0.2) is 0 Å². The topological polar surface area (TPSA) is 55.6 Å².